The van der Waals surface area contributed by atoms with Gasteiger partial charge in [0.2, 0.25) is 0 Å². The van der Waals surface area contributed by atoms with E-state index in [4.69, 9.17) is 4.74 Å². The maximum atomic E-state index is 11.4. The van der Waals surface area contributed by atoms with E-state index < -0.39 is 0 Å². The third kappa shape index (κ3) is 4.72. The van der Waals surface area contributed by atoms with Gasteiger partial charge in [0.25, 0.3) is 0 Å². The monoisotopic (exact) mass is 188 g/mol. The van der Waals surface area contributed by atoms with Crippen LogP contribution in [0.2, 0.25) is 0 Å². The van der Waals surface area contributed by atoms with Crippen molar-refractivity contribution in [3.8, 4) is 0 Å². The first-order chi connectivity index (χ1) is 6.15. The predicted octanol–water partition coefficient (Wildman–Crippen LogP) is 1.07. The van der Waals surface area contributed by atoms with Crippen LogP contribution in [0.3, 0.4) is 0 Å². The van der Waals surface area contributed by atoms with E-state index in [1.807, 2.05) is 20.8 Å². The fourth-order valence-corrected chi connectivity index (χ4v) is 0.937. The number of methoxy groups -OCH3 is 1. The highest BCUT2D eigenvalue weighted by Crippen LogP contribution is 1.89. The van der Waals surface area contributed by atoms with Crippen molar-refractivity contribution >= 4 is 6.03 Å². The number of rotatable bonds is 5. The normalized spacial score (nSPS) is 12.3. The van der Waals surface area contributed by atoms with Crippen molar-refractivity contribution in [1.29, 1.82) is 0 Å². The van der Waals surface area contributed by atoms with E-state index in [9.17, 15) is 4.79 Å². The first-order valence-electron chi connectivity index (χ1n) is 4.71. The van der Waals surface area contributed by atoms with E-state index in [-0.39, 0.29) is 12.1 Å². The number of hydrogen-bond donors (Lipinski definition) is 1. The molecular formula is C9H20N2O2. The summed E-state index contributed by atoms with van der Waals surface area (Å²) in [6.07, 6.45) is 0.0690. The van der Waals surface area contributed by atoms with Crippen LogP contribution in [0, 0.1) is 0 Å². The Hall–Kier alpha value is -0.770. The van der Waals surface area contributed by atoms with E-state index in [1.54, 1.807) is 12.0 Å². The lowest BCUT2D eigenvalue weighted by molar-refractivity contribution is 0.116. The number of ether oxygens (including phenoxy) is 1. The molecule has 0 spiro atoms. The molecule has 2 amide bonds. The van der Waals surface area contributed by atoms with Gasteiger partial charge in [-0.2, -0.15) is 0 Å². The molecule has 0 rings (SSSR count). The zero-order valence-electron chi connectivity index (χ0n) is 8.96. The van der Waals surface area contributed by atoms with Crippen molar-refractivity contribution in [2.75, 3.05) is 26.7 Å². The van der Waals surface area contributed by atoms with E-state index in [2.05, 4.69) is 5.32 Å². The molecular weight excluding hydrogens is 168 g/mol. The minimum atomic E-state index is -0.0195. The number of carbonyl (C=O) groups excluding carboxylic acids is 1. The molecule has 0 bridgehead atoms. The van der Waals surface area contributed by atoms with Crippen LogP contribution in [0.1, 0.15) is 20.8 Å². The minimum Gasteiger partial charge on any atom is -0.380 e. The third-order valence-corrected chi connectivity index (χ3v) is 1.99. The highest BCUT2D eigenvalue weighted by molar-refractivity contribution is 5.74. The standard InChI is InChI=1S/C9H20N2O2/c1-5-11(6-2)9(12)10-7-8(3)13-4/h8H,5-7H2,1-4H3,(H,10,12). The van der Waals surface area contributed by atoms with Crippen molar-refractivity contribution in [3.05, 3.63) is 0 Å². The molecule has 0 aliphatic carbocycles. The van der Waals surface area contributed by atoms with Gasteiger partial charge in [0.1, 0.15) is 0 Å². The number of hydrogen-bond acceptors (Lipinski definition) is 2. The Morgan fingerprint density at radius 3 is 2.38 bits per heavy atom. The molecule has 0 aliphatic rings. The maximum Gasteiger partial charge on any atom is 0.317 e. The maximum absolute atomic E-state index is 11.4. The summed E-state index contributed by atoms with van der Waals surface area (Å²) in [7, 11) is 1.63. The first-order valence-corrected chi connectivity index (χ1v) is 4.71. The second-order valence-corrected chi connectivity index (χ2v) is 2.90. The summed E-state index contributed by atoms with van der Waals surface area (Å²) in [4.78, 5) is 13.1. The van der Waals surface area contributed by atoms with Gasteiger partial charge < -0.3 is 15.0 Å². The molecule has 1 unspecified atom stereocenters. The second-order valence-electron chi connectivity index (χ2n) is 2.90. The van der Waals surface area contributed by atoms with Crippen LogP contribution in [0.15, 0.2) is 0 Å². The molecule has 0 radical (unpaired) electrons. The smallest absolute Gasteiger partial charge is 0.317 e. The summed E-state index contributed by atoms with van der Waals surface area (Å²) in [6.45, 7) is 7.88. The summed E-state index contributed by atoms with van der Waals surface area (Å²) in [5.74, 6) is 0. The summed E-state index contributed by atoms with van der Waals surface area (Å²) in [5.41, 5.74) is 0. The molecule has 0 saturated carbocycles. The summed E-state index contributed by atoms with van der Waals surface area (Å²) >= 11 is 0. The lowest BCUT2D eigenvalue weighted by atomic mass is 10.4. The van der Waals surface area contributed by atoms with Gasteiger partial charge in [-0.3, -0.25) is 0 Å². The largest absolute Gasteiger partial charge is 0.380 e. The minimum absolute atomic E-state index is 0.0195. The van der Waals surface area contributed by atoms with Crippen LogP contribution in [0.4, 0.5) is 4.79 Å². The average molecular weight is 188 g/mol. The molecule has 0 saturated heterocycles. The molecule has 13 heavy (non-hydrogen) atoms. The number of urea groups is 1. The van der Waals surface area contributed by atoms with Crippen LogP contribution in [-0.4, -0.2) is 43.8 Å². The van der Waals surface area contributed by atoms with Gasteiger partial charge in [-0.1, -0.05) is 0 Å². The van der Waals surface area contributed by atoms with Gasteiger partial charge in [-0.05, 0) is 20.8 Å². The number of carbonyl (C=O) groups is 1. The Balaban J connectivity index is 3.72. The molecule has 0 aromatic carbocycles. The van der Waals surface area contributed by atoms with Crippen LogP contribution in [-0.2, 0) is 4.74 Å². The van der Waals surface area contributed by atoms with Crippen molar-refractivity contribution in [1.82, 2.24) is 10.2 Å². The van der Waals surface area contributed by atoms with Gasteiger partial charge in [-0.25, -0.2) is 4.79 Å². The molecule has 78 valence electrons. The highest BCUT2D eigenvalue weighted by atomic mass is 16.5. The van der Waals surface area contributed by atoms with Gasteiger partial charge in [-0.15, -0.1) is 0 Å². The Morgan fingerprint density at radius 2 is 2.00 bits per heavy atom. The number of nitrogens with zero attached hydrogens (tertiary/aromatic N) is 1. The zero-order valence-corrected chi connectivity index (χ0v) is 8.96. The Morgan fingerprint density at radius 1 is 1.46 bits per heavy atom. The molecule has 4 nitrogen and oxygen atoms in total. The van der Waals surface area contributed by atoms with Crippen molar-refractivity contribution in [3.63, 3.8) is 0 Å². The highest BCUT2D eigenvalue weighted by Gasteiger charge is 2.09. The van der Waals surface area contributed by atoms with Crippen LogP contribution in [0.5, 0.6) is 0 Å². The number of nitrogens with one attached hydrogen (secondary N) is 1. The average Bonchev–Trinajstić information content (AvgIpc) is 2.16. The lowest BCUT2D eigenvalue weighted by Crippen LogP contribution is -2.42. The van der Waals surface area contributed by atoms with Crippen molar-refractivity contribution in [2.24, 2.45) is 0 Å². The van der Waals surface area contributed by atoms with E-state index >= 15 is 0 Å². The predicted molar refractivity (Wildman–Crippen MR) is 52.8 cm³/mol. The lowest BCUT2D eigenvalue weighted by Gasteiger charge is -2.20. The van der Waals surface area contributed by atoms with Gasteiger partial charge >= 0.3 is 6.03 Å². The molecule has 1 atom stereocenters. The Labute approximate surface area is 80.2 Å². The third-order valence-electron chi connectivity index (χ3n) is 1.99. The zero-order chi connectivity index (χ0) is 10.3. The first kappa shape index (κ1) is 12.2. The van der Waals surface area contributed by atoms with Crippen molar-refractivity contribution in [2.45, 2.75) is 26.9 Å². The second kappa shape index (κ2) is 6.71. The molecule has 4 heteroatoms. The van der Waals surface area contributed by atoms with Crippen LogP contribution >= 0.6 is 0 Å². The Kier molecular flexibility index (Phi) is 6.32. The summed E-state index contributed by atoms with van der Waals surface area (Å²) in [6, 6.07) is -0.0195. The fraction of sp³-hybridized carbons (Fsp3) is 0.889. The molecule has 0 heterocycles. The van der Waals surface area contributed by atoms with Gasteiger partial charge in [0, 0.05) is 26.7 Å². The van der Waals surface area contributed by atoms with Crippen LogP contribution in [0.25, 0.3) is 0 Å². The number of amides is 2. The Bertz CT molecular complexity index is 147. The van der Waals surface area contributed by atoms with Gasteiger partial charge in [0.05, 0.1) is 6.10 Å². The van der Waals surface area contributed by atoms with E-state index in [0.717, 1.165) is 13.1 Å². The quantitative estimate of drug-likeness (QED) is 0.701. The molecule has 0 fully saturated rings. The van der Waals surface area contributed by atoms with Gasteiger partial charge in [0.15, 0.2) is 0 Å². The SMILES string of the molecule is CCN(CC)C(=O)NCC(C)OC. The van der Waals surface area contributed by atoms with E-state index in [1.165, 1.54) is 0 Å². The summed E-state index contributed by atoms with van der Waals surface area (Å²) < 4.78 is 5.01. The topological polar surface area (TPSA) is 41.6 Å². The molecule has 1 N–H and O–H groups in total. The van der Waals surface area contributed by atoms with Crippen molar-refractivity contribution < 1.29 is 9.53 Å². The molecule has 0 aromatic rings. The molecule has 0 aromatic heterocycles. The molecule has 0 aliphatic heterocycles. The van der Waals surface area contributed by atoms with E-state index in [0.29, 0.717) is 6.54 Å². The summed E-state index contributed by atoms with van der Waals surface area (Å²) in [5, 5.41) is 2.80. The fourth-order valence-electron chi connectivity index (χ4n) is 0.937. The van der Waals surface area contributed by atoms with Crippen LogP contribution < -0.4 is 5.32 Å².